The van der Waals surface area contributed by atoms with E-state index in [4.69, 9.17) is 0 Å². The predicted octanol–water partition coefficient (Wildman–Crippen LogP) is 2.40. The molecule has 2 amide bonds. The molecule has 1 aliphatic rings. The molecule has 142 valence electrons. The molecule has 0 saturated carbocycles. The van der Waals surface area contributed by atoms with Crippen molar-refractivity contribution in [3.05, 3.63) is 60.2 Å². The summed E-state index contributed by atoms with van der Waals surface area (Å²) in [7, 11) is 3.40. The molecule has 0 unspecified atom stereocenters. The van der Waals surface area contributed by atoms with E-state index in [1.807, 2.05) is 0 Å². The minimum absolute atomic E-state index is 0.0831. The van der Waals surface area contributed by atoms with E-state index in [0.29, 0.717) is 37.2 Å². The lowest BCUT2D eigenvalue weighted by atomic mass is 9.85. The number of piperidine rings is 1. The van der Waals surface area contributed by atoms with Crippen LogP contribution >= 0.6 is 0 Å². The predicted molar refractivity (Wildman–Crippen MR) is 101 cm³/mol. The Morgan fingerprint density at radius 3 is 2.52 bits per heavy atom. The molecule has 1 N–H and O–H groups in total. The van der Waals surface area contributed by atoms with Crippen molar-refractivity contribution in [1.29, 1.82) is 0 Å². The van der Waals surface area contributed by atoms with Crippen molar-refractivity contribution >= 4 is 17.5 Å². The number of aromatic nitrogens is 1. The molecule has 3 rings (SSSR count). The summed E-state index contributed by atoms with van der Waals surface area (Å²) in [5, 5.41) is 3.23. The van der Waals surface area contributed by atoms with Crippen molar-refractivity contribution in [2.24, 2.45) is 0 Å². The third-order valence-corrected chi connectivity index (χ3v) is 4.84. The largest absolute Gasteiger partial charge is 0.371 e. The highest BCUT2D eigenvalue weighted by Crippen LogP contribution is 2.30. The van der Waals surface area contributed by atoms with Gasteiger partial charge in [-0.2, -0.15) is 0 Å². The van der Waals surface area contributed by atoms with E-state index in [1.54, 1.807) is 55.7 Å². The third kappa shape index (κ3) is 4.07. The lowest BCUT2D eigenvalue weighted by molar-refractivity contribution is -0.135. The van der Waals surface area contributed by atoms with Crippen molar-refractivity contribution in [2.45, 2.75) is 18.4 Å². The first kappa shape index (κ1) is 18.8. The Morgan fingerprint density at radius 2 is 1.93 bits per heavy atom. The van der Waals surface area contributed by atoms with E-state index >= 15 is 0 Å². The third-order valence-electron chi connectivity index (χ3n) is 4.84. The molecule has 2 heterocycles. The standard InChI is InChI=1S/C20H23FN4O2/c1-24(2)19(27)20(23-17-7-3-6-16(21)13-17)8-11-25(12-9-20)18(26)15-5-4-10-22-14-15/h3-7,10,13-14,23H,8-9,11-12H2,1-2H3. The summed E-state index contributed by atoms with van der Waals surface area (Å²) in [6.07, 6.45) is 4.04. The van der Waals surface area contributed by atoms with Gasteiger partial charge in [0.05, 0.1) is 5.56 Å². The fourth-order valence-electron chi connectivity index (χ4n) is 3.43. The number of hydrogen-bond donors (Lipinski definition) is 1. The molecular formula is C20H23FN4O2. The molecule has 1 aromatic heterocycles. The Kier molecular flexibility index (Phi) is 5.39. The molecule has 1 aliphatic heterocycles. The van der Waals surface area contributed by atoms with Crippen molar-refractivity contribution in [3.8, 4) is 0 Å². The quantitative estimate of drug-likeness (QED) is 0.898. The molecule has 1 aromatic carbocycles. The summed E-state index contributed by atoms with van der Waals surface area (Å²) >= 11 is 0. The van der Waals surface area contributed by atoms with Crippen LogP contribution in [0.25, 0.3) is 0 Å². The second-order valence-electron chi connectivity index (χ2n) is 6.95. The van der Waals surface area contributed by atoms with Gasteiger partial charge < -0.3 is 15.1 Å². The molecule has 6 nitrogen and oxygen atoms in total. The van der Waals surface area contributed by atoms with Crippen molar-refractivity contribution < 1.29 is 14.0 Å². The zero-order valence-corrected chi connectivity index (χ0v) is 15.5. The number of anilines is 1. The van der Waals surface area contributed by atoms with E-state index < -0.39 is 5.54 Å². The zero-order valence-electron chi connectivity index (χ0n) is 15.5. The van der Waals surface area contributed by atoms with Crippen molar-refractivity contribution in [3.63, 3.8) is 0 Å². The maximum atomic E-state index is 13.6. The highest BCUT2D eigenvalue weighted by molar-refractivity contribution is 5.95. The number of hydrogen-bond acceptors (Lipinski definition) is 4. The van der Waals surface area contributed by atoms with Crippen LogP contribution in [0.2, 0.25) is 0 Å². The summed E-state index contributed by atoms with van der Waals surface area (Å²) in [5.74, 6) is -0.545. The topological polar surface area (TPSA) is 65.5 Å². The van der Waals surface area contributed by atoms with E-state index in [0.717, 1.165) is 0 Å². The van der Waals surface area contributed by atoms with Crippen LogP contribution in [-0.4, -0.2) is 59.3 Å². The van der Waals surface area contributed by atoms with E-state index in [9.17, 15) is 14.0 Å². The van der Waals surface area contributed by atoms with Gasteiger partial charge in [0.25, 0.3) is 5.91 Å². The number of carbonyl (C=O) groups excluding carboxylic acids is 2. The summed E-state index contributed by atoms with van der Waals surface area (Å²) < 4.78 is 13.6. The van der Waals surface area contributed by atoms with E-state index in [-0.39, 0.29) is 17.6 Å². The summed E-state index contributed by atoms with van der Waals surface area (Å²) in [5.41, 5.74) is 0.211. The first-order valence-corrected chi connectivity index (χ1v) is 8.86. The monoisotopic (exact) mass is 370 g/mol. The Hall–Kier alpha value is -2.96. The highest BCUT2D eigenvalue weighted by Gasteiger charge is 2.43. The Morgan fingerprint density at radius 1 is 1.19 bits per heavy atom. The number of nitrogens with zero attached hydrogens (tertiary/aromatic N) is 3. The number of likely N-dealkylation sites (tertiary alicyclic amines) is 1. The molecule has 0 aliphatic carbocycles. The normalized spacial score (nSPS) is 15.9. The molecule has 1 saturated heterocycles. The van der Waals surface area contributed by atoms with Crippen LogP contribution in [0.4, 0.5) is 10.1 Å². The summed E-state index contributed by atoms with van der Waals surface area (Å²) in [6, 6.07) is 9.53. The molecule has 27 heavy (non-hydrogen) atoms. The average molecular weight is 370 g/mol. The van der Waals surface area contributed by atoms with Crippen molar-refractivity contribution in [1.82, 2.24) is 14.8 Å². The second kappa shape index (κ2) is 7.73. The second-order valence-corrected chi connectivity index (χ2v) is 6.95. The minimum Gasteiger partial charge on any atom is -0.371 e. The van der Waals surface area contributed by atoms with Gasteiger partial charge in [-0.05, 0) is 43.2 Å². The maximum absolute atomic E-state index is 13.6. The maximum Gasteiger partial charge on any atom is 0.255 e. The number of halogens is 1. The number of amides is 2. The minimum atomic E-state index is -0.872. The number of carbonyl (C=O) groups is 2. The molecule has 1 fully saturated rings. The molecule has 0 bridgehead atoms. The van der Waals surface area contributed by atoms with Gasteiger partial charge in [-0.1, -0.05) is 6.07 Å². The Balaban J connectivity index is 1.78. The Bertz CT molecular complexity index is 818. The smallest absolute Gasteiger partial charge is 0.255 e. The van der Waals surface area contributed by atoms with Crippen LogP contribution in [-0.2, 0) is 4.79 Å². The summed E-state index contributed by atoms with van der Waals surface area (Å²) in [6.45, 7) is 0.852. The first-order chi connectivity index (χ1) is 12.9. The zero-order chi connectivity index (χ0) is 19.4. The molecule has 0 spiro atoms. The lowest BCUT2D eigenvalue weighted by Crippen LogP contribution is -2.58. The molecule has 7 heteroatoms. The SMILES string of the molecule is CN(C)C(=O)C1(Nc2cccc(F)c2)CCN(C(=O)c2cccnc2)CC1. The van der Waals surface area contributed by atoms with E-state index in [2.05, 4.69) is 10.3 Å². The number of rotatable bonds is 4. The van der Waals surface area contributed by atoms with Crippen LogP contribution in [0.3, 0.4) is 0 Å². The van der Waals surface area contributed by atoms with Crippen molar-refractivity contribution in [2.75, 3.05) is 32.5 Å². The van der Waals surface area contributed by atoms with Gasteiger partial charge in [-0.3, -0.25) is 14.6 Å². The first-order valence-electron chi connectivity index (χ1n) is 8.86. The molecular weight excluding hydrogens is 347 g/mol. The van der Waals surface area contributed by atoms with Crippen LogP contribution in [0, 0.1) is 5.82 Å². The average Bonchev–Trinajstić information content (AvgIpc) is 2.68. The fraction of sp³-hybridized carbons (Fsp3) is 0.350. The highest BCUT2D eigenvalue weighted by atomic mass is 19.1. The van der Waals surface area contributed by atoms with Crippen LogP contribution in [0.15, 0.2) is 48.8 Å². The molecule has 0 radical (unpaired) electrons. The van der Waals surface area contributed by atoms with Gasteiger partial charge in [0.2, 0.25) is 5.91 Å². The van der Waals surface area contributed by atoms with Gasteiger partial charge >= 0.3 is 0 Å². The van der Waals surface area contributed by atoms with Crippen LogP contribution < -0.4 is 5.32 Å². The number of nitrogens with one attached hydrogen (secondary N) is 1. The number of likely N-dealkylation sites (N-methyl/N-ethyl adjacent to an activating group) is 1. The fourth-order valence-corrected chi connectivity index (χ4v) is 3.43. The summed E-state index contributed by atoms with van der Waals surface area (Å²) in [4.78, 5) is 32.8. The van der Waals surface area contributed by atoms with E-state index in [1.165, 1.54) is 17.0 Å². The van der Waals surface area contributed by atoms with Gasteiger partial charge in [-0.15, -0.1) is 0 Å². The van der Waals surface area contributed by atoms with Gasteiger partial charge in [0, 0.05) is 45.3 Å². The number of benzene rings is 1. The molecule has 2 aromatic rings. The van der Waals surface area contributed by atoms with Crippen LogP contribution in [0.5, 0.6) is 0 Å². The lowest BCUT2D eigenvalue weighted by Gasteiger charge is -2.43. The molecule has 0 atom stereocenters. The Labute approximate surface area is 158 Å². The number of pyridine rings is 1. The van der Waals surface area contributed by atoms with Gasteiger partial charge in [0.1, 0.15) is 11.4 Å². The van der Waals surface area contributed by atoms with Gasteiger partial charge in [-0.25, -0.2) is 4.39 Å². The van der Waals surface area contributed by atoms with Gasteiger partial charge in [0.15, 0.2) is 0 Å². The van der Waals surface area contributed by atoms with Crippen LogP contribution in [0.1, 0.15) is 23.2 Å².